The van der Waals surface area contributed by atoms with Crippen molar-refractivity contribution in [3.63, 3.8) is 0 Å². The molecule has 3 heteroatoms. The summed E-state index contributed by atoms with van der Waals surface area (Å²) < 4.78 is 5.18. The highest BCUT2D eigenvalue weighted by molar-refractivity contribution is 5.93. The second-order valence-electron chi connectivity index (χ2n) is 4.98. The quantitative estimate of drug-likeness (QED) is 0.696. The number of carbonyl (C=O) groups is 1. The SMILES string of the molecule is CC(C)c1ccc2c(c1)C(=O)OC(C)(C#N)C2. The van der Waals surface area contributed by atoms with E-state index in [4.69, 9.17) is 10.00 Å². The van der Waals surface area contributed by atoms with Crippen LogP contribution in [0.3, 0.4) is 0 Å². The van der Waals surface area contributed by atoms with Crippen molar-refractivity contribution in [3.8, 4) is 6.07 Å². The van der Waals surface area contributed by atoms with Crippen LogP contribution < -0.4 is 0 Å². The predicted octanol–water partition coefficient (Wildman–Crippen LogP) is 2.81. The lowest BCUT2D eigenvalue weighted by Crippen LogP contribution is -2.37. The third-order valence-corrected chi connectivity index (χ3v) is 3.10. The van der Waals surface area contributed by atoms with Crippen molar-refractivity contribution in [1.82, 2.24) is 0 Å². The number of esters is 1. The van der Waals surface area contributed by atoms with Crippen molar-refractivity contribution in [2.24, 2.45) is 0 Å². The van der Waals surface area contributed by atoms with Crippen LogP contribution in [-0.4, -0.2) is 11.6 Å². The molecule has 1 aromatic carbocycles. The zero-order valence-corrected chi connectivity index (χ0v) is 10.3. The van der Waals surface area contributed by atoms with Gasteiger partial charge in [-0.15, -0.1) is 0 Å². The Labute approximate surface area is 101 Å². The standard InChI is InChI=1S/C14H15NO2/c1-9(2)10-4-5-11-7-14(3,8-15)17-13(16)12(11)6-10/h4-6,9H,7H2,1-3H3. The Bertz CT molecular complexity index is 513. The molecular formula is C14H15NO2. The van der Waals surface area contributed by atoms with Crippen LogP contribution in [0.25, 0.3) is 0 Å². The van der Waals surface area contributed by atoms with Gasteiger partial charge in [-0.1, -0.05) is 26.0 Å². The first kappa shape index (κ1) is 11.7. The molecule has 0 saturated carbocycles. The van der Waals surface area contributed by atoms with Gasteiger partial charge >= 0.3 is 5.97 Å². The first-order chi connectivity index (χ1) is 7.95. The largest absolute Gasteiger partial charge is 0.440 e. The highest BCUT2D eigenvalue weighted by atomic mass is 16.6. The Morgan fingerprint density at radius 1 is 1.47 bits per heavy atom. The normalized spacial score (nSPS) is 22.9. The van der Waals surface area contributed by atoms with E-state index in [1.54, 1.807) is 6.92 Å². The topological polar surface area (TPSA) is 50.1 Å². The van der Waals surface area contributed by atoms with Crippen LogP contribution in [-0.2, 0) is 11.2 Å². The van der Waals surface area contributed by atoms with Crippen LogP contribution in [0.1, 0.15) is 48.2 Å². The van der Waals surface area contributed by atoms with Crippen LogP contribution in [0.5, 0.6) is 0 Å². The van der Waals surface area contributed by atoms with Crippen LogP contribution in [0.2, 0.25) is 0 Å². The third-order valence-electron chi connectivity index (χ3n) is 3.10. The molecule has 0 saturated heterocycles. The summed E-state index contributed by atoms with van der Waals surface area (Å²) in [6, 6.07) is 7.87. The van der Waals surface area contributed by atoms with E-state index in [2.05, 4.69) is 13.8 Å². The van der Waals surface area contributed by atoms with Crippen molar-refractivity contribution in [1.29, 1.82) is 5.26 Å². The lowest BCUT2D eigenvalue weighted by Gasteiger charge is -2.28. The fraction of sp³-hybridized carbons (Fsp3) is 0.429. The van der Waals surface area contributed by atoms with E-state index >= 15 is 0 Å². The lowest BCUT2D eigenvalue weighted by molar-refractivity contribution is 0.00849. The fourth-order valence-electron chi connectivity index (χ4n) is 2.02. The molecule has 0 spiro atoms. The Balaban J connectivity index is 2.46. The van der Waals surface area contributed by atoms with E-state index in [1.807, 2.05) is 24.3 Å². The minimum atomic E-state index is -1.02. The predicted molar refractivity (Wildman–Crippen MR) is 63.7 cm³/mol. The molecule has 0 fully saturated rings. The molecule has 1 aliphatic heterocycles. The monoisotopic (exact) mass is 229 g/mol. The molecule has 1 aromatic rings. The average molecular weight is 229 g/mol. The summed E-state index contributed by atoms with van der Waals surface area (Å²) in [5, 5.41) is 9.01. The number of nitrogens with zero attached hydrogens (tertiary/aromatic N) is 1. The average Bonchev–Trinajstić information content (AvgIpc) is 2.28. The van der Waals surface area contributed by atoms with Gasteiger partial charge in [0.05, 0.1) is 5.56 Å². The summed E-state index contributed by atoms with van der Waals surface area (Å²) in [6.07, 6.45) is 0.461. The number of hydrogen-bond donors (Lipinski definition) is 0. The second kappa shape index (κ2) is 3.89. The summed E-state index contributed by atoms with van der Waals surface area (Å²) in [4.78, 5) is 11.9. The van der Waals surface area contributed by atoms with E-state index in [1.165, 1.54) is 0 Å². The summed E-state index contributed by atoms with van der Waals surface area (Å²) in [7, 11) is 0. The molecule has 17 heavy (non-hydrogen) atoms. The smallest absolute Gasteiger partial charge is 0.340 e. The number of fused-ring (bicyclic) bond motifs is 1. The van der Waals surface area contributed by atoms with Gasteiger partial charge in [0.2, 0.25) is 0 Å². The minimum Gasteiger partial charge on any atom is -0.440 e. The molecule has 1 atom stereocenters. The second-order valence-corrected chi connectivity index (χ2v) is 4.98. The maximum Gasteiger partial charge on any atom is 0.340 e. The molecule has 1 unspecified atom stereocenters. The fourth-order valence-corrected chi connectivity index (χ4v) is 2.02. The van der Waals surface area contributed by atoms with Gasteiger partial charge in [0, 0.05) is 6.42 Å². The van der Waals surface area contributed by atoms with Gasteiger partial charge in [-0.3, -0.25) is 0 Å². The summed E-state index contributed by atoms with van der Waals surface area (Å²) >= 11 is 0. The van der Waals surface area contributed by atoms with Gasteiger partial charge in [-0.25, -0.2) is 4.79 Å². The van der Waals surface area contributed by atoms with Gasteiger partial charge in [0.25, 0.3) is 0 Å². The molecule has 88 valence electrons. The molecular weight excluding hydrogens is 214 g/mol. The Morgan fingerprint density at radius 2 is 2.18 bits per heavy atom. The highest BCUT2D eigenvalue weighted by Gasteiger charge is 2.36. The van der Waals surface area contributed by atoms with Gasteiger partial charge in [0.1, 0.15) is 6.07 Å². The van der Waals surface area contributed by atoms with Crippen molar-refractivity contribution in [3.05, 3.63) is 34.9 Å². The molecule has 0 radical (unpaired) electrons. The van der Waals surface area contributed by atoms with Crippen molar-refractivity contribution >= 4 is 5.97 Å². The lowest BCUT2D eigenvalue weighted by atomic mass is 9.88. The number of benzene rings is 1. The highest BCUT2D eigenvalue weighted by Crippen LogP contribution is 2.29. The minimum absolute atomic E-state index is 0.373. The molecule has 0 N–H and O–H groups in total. The van der Waals surface area contributed by atoms with Crippen LogP contribution in [0, 0.1) is 11.3 Å². The van der Waals surface area contributed by atoms with Crippen LogP contribution >= 0.6 is 0 Å². The van der Waals surface area contributed by atoms with Crippen molar-refractivity contribution in [2.75, 3.05) is 0 Å². The maximum absolute atomic E-state index is 11.9. The van der Waals surface area contributed by atoms with Crippen LogP contribution in [0.15, 0.2) is 18.2 Å². The molecule has 1 aliphatic rings. The van der Waals surface area contributed by atoms with Gasteiger partial charge < -0.3 is 4.74 Å². The van der Waals surface area contributed by atoms with Gasteiger partial charge in [0.15, 0.2) is 5.60 Å². The molecule has 0 amide bonds. The number of cyclic esters (lactones) is 1. The molecule has 0 aliphatic carbocycles. The van der Waals surface area contributed by atoms with E-state index < -0.39 is 11.6 Å². The Hall–Kier alpha value is -1.82. The Morgan fingerprint density at radius 3 is 2.76 bits per heavy atom. The number of ether oxygens (including phenoxy) is 1. The van der Waals surface area contributed by atoms with Crippen molar-refractivity contribution < 1.29 is 9.53 Å². The van der Waals surface area contributed by atoms with Gasteiger partial charge in [-0.2, -0.15) is 5.26 Å². The van der Waals surface area contributed by atoms with Gasteiger partial charge in [-0.05, 0) is 30.0 Å². The van der Waals surface area contributed by atoms with E-state index in [9.17, 15) is 4.79 Å². The maximum atomic E-state index is 11.9. The molecule has 2 rings (SSSR count). The zero-order valence-electron chi connectivity index (χ0n) is 10.3. The molecule has 1 heterocycles. The van der Waals surface area contributed by atoms with Crippen molar-refractivity contribution in [2.45, 2.75) is 38.7 Å². The summed E-state index contributed by atoms with van der Waals surface area (Å²) in [5.41, 5.74) is 1.59. The number of rotatable bonds is 1. The zero-order chi connectivity index (χ0) is 12.6. The molecule has 0 aromatic heterocycles. The summed E-state index contributed by atoms with van der Waals surface area (Å²) in [6.45, 7) is 5.80. The van der Waals surface area contributed by atoms with Crippen LogP contribution in [0.4, 0.5) is 0 Å². The summed E-state index contributed by atoms with van der Waals surface area (Å²) in [5.74, 6) is -0.0184. The molecule has 0 bridgehead atoms. The van der Waals surface area contributed by atoms with E-state index in [0.717, 1.165) is 11.1 Å². The number of nitriles is 1. The van der Waals surface area contributed by atoms with E-state index in [-0.39, 0.29) is 0 Å². The van der Waals surface area contributed by atoms with E-state index in [0.29, 0.717) is 17.9 Å². The first-order valence-electron chi connectivity index (χ1n) is 5.72. The first-order valence-corrected chi connectivity index (χ1v) is 5.72. The molecule has 3 nitrogen and oxygen atoms in total. The third kappa shape index (κ3) is 2.03. The number of carbonyl (C=O) groups excluding carboxylic acids is 1. The number of hydrogen-bond acceptors (Lipinski definition) is 3. The Kier molecular flexibility index (Phi) is 2.66.